The molecule has 3 nitrogen and oxygen atoms in total. The first-order valence-corrected chi connectivity index (χ1v) is 5.44. The predicted molar refractivity (Wildman–Crippen MR) is 63.1 cm³/mol. The molecule has 0 aliphatic carbocycles. The van der Waals surface area contributed by atoms with E-state index in [4.69, 9.17) is 22.1 Å². The Morgan fingerprint density at radius 3 is 2.67 bits per heavy atom. The van der Waals surface area contributed by atoms with Crippen molar-refractivity contribution in [1.82, 2.24) is 0 Å². The molecule has 15 heavy (non-hydrogen) atoms. The SMILES string of the molecule is CC(C)(Oc1cc(Br)ccc1Cl)C(N)=O. The standard InChI is InChI=1S/C10H11BrClNO2/c1-10(2,9(13)14)15-8-5-6(11)3-4-7(8)12/h3-5H,1-2H3,(H2,13,14). The fourth-order valence-electron chi connectivity index (χ4n) is 0.881. The van der Waals surface area contributed by atoms with Gasteiger partial charge < -0.3 is 10.5 Å². The van der Waals surface area contributed by atoms with Crippen molar-refractivity contribution in [1.29, 1.82) is 0 Å². The van der Waals surface area contributed by atoms with E-state index in [1.54, 1.807) is 32.0 Å². The van der Waals surface area contributed by atoms with Gasteiger partial charge in [0.1, 0.15) is 5.75 Å². The maximum absolute atomic E-state index is 11.1. The monoisotopic (exact) mass is 291 g/mol. The number of primary amides is 1. The van der Waals surface area contributed by atoms with Gasteiger partial charge in [-0.1, -0.05) is 27.5 Å². The van der Waals surface area contributed by atoms with Crippen LogP contribution >= 0.6 is 27.5 Å². The molecule has 1 aromatic rings. The summed E-state index contributed by atoms with van der Waals surface area (Å²) in [7, 11) is 0. The van der Waals surface area contributed by atoms with E-state index in [-0.39, 0.29) is 0 Å². The van der Waals surface area contributed by atoms with Gasteiger partial charge in [-0.15, -0.1) is 0 Å². The number of halogens is 2. The molecule has 82 valence electrons. The number of benzene rings is 1. The van der Waals surface area contributed by atoms with Crippen molar-refractivity contribution in [3.8, 4) is 5.75 Å². The lowest BCUT2D eigenvalue weighted by Gasteiger charge is -2.23. The van der Waals surface area contributed by atoms with Crippen LogP contribution in [-0.4, -0.2) is 11.5 Å². The third-order valence-electron chi connectivity index (χ3n) is 1.85. The van der Waals surface area contributed by atoms with E-state index >= 15 is 0 Å². The minimum absolute atomic E-state index is 0.426. The Morgan fingerprint density at radius 2 is 2.13 bits per heavy atom. The first kappa shape index (κ1) is 12.3. The van der Waals surface area contributed by atoms with Gasteiger partial charge in [0.25, 0.3) is 5.91 Å². The van der Waals surface area contributed by atoms with Crippen LogP contribution in [0.3, 0.4) is 0 Å². The van der Waals surface area contributed by atoms with Crippen molar-refractivity contribution in [2.24, 2.45) is 5.73 Å². The predicted octanol–water partition coefficient (Wildman–Crippen LogP) is 2.75. The lowest BCUT2D eigenvalue weighted by molar-refractivity contribution is -0.130. The summed E-state index contributed by atoms with van der Waals surface area (Å²) in [5, 5.41) is 0.438. The van der Waals surface area contributed by atoms with Crippen molar-refractivity contribution in [2.75, 3.05) is 0 Å². The molecule has 0 heterocycles. The van der Waals surface area contributed by atoms with E-state index in [1.165, 1.54) is 0 Å². The van der Waals surface area contributed by atoms with Crippen molar-refractivity contribution in [2.45, 2.75) is 19.4 Å². The summed E-state index contributed by atoms with van der Waals surface area (Å²) in [5.41, 5.74) is 4.11. The second-order valence-electron chi connectivity index (χ2n) is 3.55. The van der Waals surface area contributed by atoms with Crippen molar-refractivity contribution >= 4 is 33.4 Å². The van der Waals surface area contributed by atoms with E-state index in [2.05, 4.69) is 15.9 Å². The number of hydrogen-bond acceptors (Lipinski definition) is 2. The molecule has 2 N–H and O–H groups in total. The van der Waals surface area contributed by atoms with Crippen LogP contribution in [0.15, 0.2) is 22.7 Å². The first-order chi connectivity index (χ1) is 6.83. The summed E-state index contributed by atoms with van der Waals surface area (Å²) in [6.07, 6.45) is 0. The van der Waals surface area contributed by atoms with Crippen molar-refractivity contribution < 1.29 is 9.53 Å². The summed E-state index contributed by atoms with van der Waals surface area (Å²) in [5.74, 6) is -0.117. The van der Waals surface area contributed by atoms with Gasteiger partial charge in [-0.25, -0.2) is 0 Å². The van der Waals surface area contributed by atoms with Gasteiger partial charge in [-0.05, 0) is 32.0 Å². The highest BCUT2D eigenvalue weighted by molar-refractivity contribution is 9.10. The number of carbonyl (C=O) groups is 1. The lowest BCUT2D eigenvalue weighted by Crippen LogP contribution is -2.43. The van der Waals surface area contributed by atoms with E-state index in [1.807, 2.05) is 0 Å². The fourth-order valence-corrected chi connectivity index (χ4v) is 1.38. The Hall–Kier alpha value is -0.740. The molecule has 0 aliphatic heterocycles. The number of rotatable bonds is 3. The molecule has 0 atom stereocenters. The van der Waals surface area contributed by atoms with Crippen LogP contribution in [0, 0.1) is 0 Å². The molecule has 0 radical (unpaired) electrons. The minimum Gasteiger partial charge on any atom is -0.476 e. The number of hydrogen-bond donors (Lipinski definition) is 1. The maximum atomic E-state index is 11.1. The highest BCUT2D eigenvalue weighted by Crippen LogP contribution is 2.30. The molecule has 0 bridgehead atoms. The molecule has 0 aliphatic rings. The molecule has 0 aromatic heterocycles. The summed E-state index contributed by atoms with van der Waals surface area (Å²) >= 11 is 9.20. The van der Waals surface area contributed by atoms with Crippen LogP contribution in [0.5, 0.6) is 5.75 Å². The average Bonchev–Trinajstić information content (AvgIpc) is 2.10. The van der Waals surface area contributed by atoms with Crippen LogP contribution < -0.4 is 10.5 Å². The van der Waals surface area contributed by atoms with Crippen LogP contribution in [-0.2, 0) is 4.79 Å². The molecule has 0 spiro atoms. The van der Waals surface area contributed by atoms with Gasteiger partial charge >= 0.3 is 0 Å². The molecular weight excluding hydrogens is 281 g/mol. The number of ether oxygens (including phenoxy) is 1. The number of carbonyl (C=O) groups excluding carboxylic acids is 1. The fraction of sp³-hybridized carbons (Fsp3) is 0.300. The van der Waals surface area contributed by atoms with Crippen LogP contribution in [0.2, 0.25) is 5.02 Å². The van der Waals surface area contributed by atoms with Crippen LogP contribution in [0.1, 0.15) is 13.8 Å². The highest BCUT2D eigenvalue weighted by atomic mass is 79.9. The first-order valence-electron chi connectivity index (χ1n) is 4.27. The zero-order valence-corrected chi connectivity index (χ0v) is 10.7. The van der Waals surface area contributed by atoms with Crippen molar-refractivity contribution in [3.05, 3.63) is 27.7 Å². The van der Waals surface area contributed by atoms with E-state index < -0.39 is 11.5 Å². The van der Waals surface area contributed by atoms with Crippen molar-refractivity contribution in [3.63, 3.8) is 0 Å². The quantitative estimate of drug-likeness (QED) is 0.931. The second-order valence-corrected chi connectivity index (χ2v) is 4.87. The molecular formula is C10H11BrClNO2. The van der Waals surface area contributed by atoms with Gasteiger partial charge in [0, 0.05) is 4.47 Å². The smallest absolute Gasteiger partial charge is 0.261 e. The van der Waals surface area contributed by atoms with Gasteiger partial charge in [-0.3, -0.25) is 4.79 Å². The van der Waals surface area contributed by atoms with E-state index in [9.17, 15) is 4.79 Å². The molecule has 1 rings (SSSR count). The van der Waals surface area contributed by atoms with E-state index in [0.29, 0.717) is 10.8 Å². The van der Waals surface area contributed by atoms with E-state index in [0.717, 1.165) is 4.47 Å². The summed E-state index contributed by atoms with van der Waals surface area (Å²) in [4.78, 5) is 11.1. The normalized spacial score (nSPS) is 11.2. The third kappa shape index (κ3) is 3.11. The maximum Gasteiger partial charge on any atom is 0.261 e. The Balaban J connectivity index is 2.99. The zero-order chi connectivity index (χ0) is 11.6. The topological polar surface area (TPSA) is 52.3 Å². The molecule has 0 fully saturated rings. The summed E-state index contributed by atoms with van der Waals surface area (Å²) in [6.45, 7) is 3.18. The van der Waals surface area contributed by atoms with Gasteiger partial charge in [0.05, 0.1) is 5.02 Å². The molecule has 1 amide bonds. The average molecular weight is 293 g/mol. The Bertz CT molecular complexity index is 393. The zero-order valence-electron chi connectivity index (χ0n) is 8.38. The highest BCUT2D eigenvalue weighted by Gasteiger charge is 2.27. The number of amides is 1. The number of nitrogens with two attached hydrogens (primary N) is 1. The molecule has 0 saturated heterocycles. The van der Waals surface area contributed by atoms with Gasteiger partial charge in [0.15, 0.2) is 5.60 Å². The third-order valence-corrected chi connectivity index (χ3v) is 2.66. The molecule has 1 aromatic carbocycles. The van der Waals surface area contributed by atoms with Gasteiger partial charge in [-0.2, -0.15) is 0 Å². The summed E-state index contributed by atoms with van der Waals surface area (Å²) < 4.78 is 6.26. The second kappa shape index (κ2) is 4.41. The minimum atomic E-state index is -1.08. The Morgan fingerprint density at radius 1 is 1.53 bits per heavy atom. The molecule has 0 saturated carbocycles. The Labute approximate surface area is 102 Å². The summed E-state index contributed by atoms with van der Waals surface area (Å²) in [6, 6.07) is 5.15. The largest absolute Gasteiger partial charge is 0.476 e. The Kier molecular flexibility index (Phi) is 3.62. The molecule has 0 unspecified atom stereocenters. The van der Waals surface area contributed by atoms with Crippen LogP contribution in [0.4, 0.5) is 0 Å². The van der Waals surface area contributed by atoms with Gasteiger partial charge in [0.2, 0.25) is 0 Å². The lowest BCUT2D eigenvalue weighted by atomic mass is 10.1. The van der Waals surface area contributed by atoms with Crippen LogP contribution in [0.25, 0.3) is 0 Å². The molecule has 5 heteroatoms.